The van der Waals surface area contributed by atoms with Gasteiger partial charge >= 0.3 is 6.18 Å². The summed E-state index contributed by atoms with van der Waals surface area (Å²) in [5, 5.41) is 6.07. The highest BCUT2D eigenvalue weighted by Gasteiger charge is 2.30. The molecule has 0 aliphatic rings. The molecular weight excluding hydrogens is 459 g/mol. The maximum Gasteiger partial charge on any atom is 0.416 e. The van der Waals surface area contributed by atoms with Crippen LogP contribution < -0.4 is 20.1 Å². The van der Waals surface area contributed by atoms with Crippen LogP contribution in [0.4, 0.5) is 30.6 Å². The van der Waals surface area contributed by atoms with Crippen molar-refractivity contribution in [3.8, 4) is 5.75 Å². The summed E-state index contributed by atoms with van der Waals surface area (Å²) in [5.74, 6) is 1.56. The Morgan fingerprint density at radius 2 is 1.64 bits per heavy atom. The number of hydrogen-bond donors (Lipinski definition) is 3. The minimum absolute atomic E-state index is 0.0259. The third-order valence-corrected chi connectivity index (χ3v) is 5.89. The number of sulfonamides is 1. The van der Waals surface area contributed by atoms with Crippen LogP contribution in [0.1, 0.15) is 11.3 Å². The van der Waals surface area contributed by atoms with Crippen LogP contribution in [-0.2, 0) is 16.2 Å². The molecule has 3 rings (SSSR count). The van der Waals surface area contributed by atoms with Gasteiger partial charge in [-0.25, -0.2) is 18.1 Å². The Hall–Kier alpha value is -3.38. The Morgan fingerprint density at radius 1 is 0.970 bits per heavy atom. The quantitative estimate of drug-likeness (QED) is 0.398. The number of hydrogen-bond acceptors (Lipinski definition) is 7. The molecule has 8 nitrogen and oxygen atoms in total. The highest BCUT2D eigenvalue weighted by atomic mass is 32.2. The predicted molar refractivity (Wildman–Crippen MR) is 118 cm³/mol. The number of aromatic nitrogens is 2. The zero-order chi connectivity index (χ0) is 24.1. The summed E-state index contributed by atoms with van der Waals surface area (Å²) in [6.07, 6.45) is -4.53. The molecule has 0 amide bonds. The molecule has 2 aromatic carbocycles. The topological polar surface area (TPSA) is 105 Å². The average Bonchev–Trinajstić information content (AvgIpc) is 2.76. The summed E-state index contributed by atoms with van der Waals surface area (Å²) in [6.45, 7) is 1.92. The van der Waals surface area contributed by atoms with Crippen molar-refractivity contribution in [1.82, 2.24) is 14.7 Å². The van der Waals surface area contributed by atoms with Crippen LogP contribution in [0.15, 0.2) is 59.5 Å². The Morgan fingerprint density at radius 3 is 2.24 bits per heavy atom. The van der Waals surface area contributed by atoms with E-state index in [-0.39, 0.29) is 18.0 Å². The summed E-state index contributed by atoms with van der Waals surface area (Å²) in [5.41, 5.74) is 0.566. The summed E-state index contributed by atoms with van der Waals surface area (Å²) < 4.78 is 70.0. The van der Waals surface area contributed by atoms with Crippen LogP contribution in [0.3, 0.4) is 0 Å². The average molecular weight is 482 g/mol. The highest BCUT2D eigenvalue weighted by molar-refractivity contribution is 7.89. The van der Waals surface area contributed by atoms with Crippen LogP contribution in [0, 0.1) is 6.92 Å². The lowest BCUT2D eigenvalue weighted by atomic mass is 10.2. The van der Waals surface area contributed by atoms with E-state index in [1.165, 1.54) is 0 Å². The molecule has 1 heterocycles. The van der Waals surface area contributed by atoms with Crippen molar-refractivity contribution in [2.75, 3.05) is 30.8 Å². The van der Waals surface area contributed by atoms with Gasteiger partial charge in [-0.1, -0.05) is 0 Å². The Balaban J connectivity index is 1.56. The van der Waals surface area contributed by atoms with Gasteiger partial charge in [-0.2, -0.15) is 18.2 Å². The largest absolute Gasteiger partial charge is 0.497 e. The number of nitrogens with one attached hydrogen (secondary N) is 3. The maximum absolute atomic E-state index is 12.6. The van der Waals surface area contributed by atoms with Gasteiger partial charge in [0.05, 0.1) is 17.6 Å². The first-order valence-electron chi connectivity index (χ1n) is 9.74. The number of halogens is 3. The lowest BCUT2D eigenvalue weighted by molar-refractivity contribution is -0.137. The van der Waals surface area contributed by atoms with Gasteiger partial charge in [0.15, 0.2) is 0 Å². The molecule has 0 radical (unpaired) electrons. The molecule has 12 heteroatoms. The zero-order valence-electron chi connectivity index (χ0n) is 17.8. The molecule has 3 N–H and O–H groups in total. The summed E-state index contributed by atoms with van der Waals surface area (Å²) in [7, 11) is -2.38. The van der Waals surface area contributed by atoms with Crippen LogP contribution in [0.5, 0.6) is 5.75 Å². The second-order valence-corrected chi connectivity index (χ2v) is 8.69. The van der Waals surface area contributed by atoms with Gasteiger partial charge < -0.3 is 15.4 Å². The van der Waals surface area contributed by atoms with Gasteiger partial charge in [0.25, 0.3) is 0 Å². The maximum atomic E-state index is 12.6. The third kappa shape index (κ3) is 6.80. The van der Waals surface area contributed by atoms with Crippen molar-refractivity contribution >= 4 is 27.5 Å². The zero-order valence-corrected chi connectivity index (χ0v) is 18.6. The predicted octanol–water partition coefficient (Wildman–Crippen LogP) is 3.95. The van der Waals surface area contributed by atoms with E-state index >= 15 is 0 Å². The van der Waals surface area contributed by atoms with Crippen LogP contribution in [0.2, 0.25) is 0 Å². The lowest BCUT2D eigenvalue weighted by Gasteiger charge is -2.11. The van der Waals surface area contributed by atoms with Gasteiger partial charge in [0, 0.05) is 30.5 Å². The van der Waals surface area contributed by atoms with E-state index in [1.54, 1.807) is 32.2 Å². The molecule has 0 aliphatic carbocycles. The van der Waals surface area contributed by atoms with E-state index in [1.807, 2.05) is 12.1 Å². The van der Waals surface area contributed by atoms with Crippen molar-refractivity contribution in [3.63, 3.8) is 0 Å². The van der Waals surface area contributed by atoms with E-state index in [9.17, 15) is 21.6 Å². The van der Waals surface area contributed by atoms with Gasteiger partial charge in [-0.05, 0) is 55.5 Å². The fourth-order valence-corrected chi connectivity index (χ4v) is 3.83. The monoisotopic (exact) mass is 481 g/mol. The fraction of sp³-hybridized carbons (Fsp3) is 0.238. The summed E-state index contributed by atoms with van der Waals surface area (Å²) in [6, 6.07) is 12.3. The molecule has 176 valence electrons. The van der Waals surface area contributed by atoms with Crippen LogP contribution in [0.25, 0.3) is 0 Å². The second kappa shape index (κ2) is 10.0. The molecule has 0 spiro atoms. The van der Waals surface area contributed by atoms with E-state index in [0.717, 1.165) is 35.7 Å². The number of rotatable bonds is 9. The number of nitrogens with zero attached hydrogens (tertiary/aromatic N) is 2. The van der Waals surface area contributed by atoms with E-state index in [0.29, 0.717) is 17.5 Å². The first kappa shape index (κ1) is 24.3. The number of methoxy groups -OCH3 is 1. The highest BCUT2D eigenvalue weighted by Crippen LogP contribution is 2.29. The molecule has 3 aromatic rings. The Bertz CT molecular complexity index is 1190. The molecule has 0 aliphatic heterocycles. The Labute approximate surface area is 189 Å². The van der Waals surface area contributed by atoms with Gasteiger partial charge in [-0.15, -0.1) is 0 Å². The van der Waals surface area contributed by atoms with Gasteiger partial charge in [-0.3, -0.25) is 0 Å². The minimum atomic E-state index is -4.53. The van der Waals surface area contributed by atoms with Crippen LogP contribution in [-0.4, -0.2) is 38.6 Å². The smallest absolute Gasteiger partial charge is 0.416 e. The fourth-order valence-electron chi connectivity index (χ4n) is 2.80. The lowest BCUT2D eigenvalue weighted by Crippen LogP contribution is -2.29. The van der Waals surface area contributed by atoms with Crippen molar-refractivity contribution < 1.29 is 26.3 Å². The molecule has 0 saturated carbocycles. The van der Waals surface area contributed by atoms with Crippen molar-refractivity contribution in [1.29, 1.82) is 0 Å². The van der Waals surface area contributed by atoms with Crippen molar-refractivity contribution in [3.05, 3.63) is 65.9 Å². The van der Waals surface area contributed by atoms with Crippen molar-refractivity contribution in [2.45, 2.75) is 18.0 Å². The van der Waals surface area contributed by atoms with Gasteiger partial charge in [0.1, 0.15) is 11.6 Å². The molecule has 1 aromatic heterocycles. The standard InChI is InChI=1S/C21H22F3N5O3S/c1-14-13-19(28-16-5-7-17(32-2)8-6-16)29-20(27-14)25-11-12-26-33(30,31)18-9-3-15(4-10-18)21(22,23)24/h3-10,13,26H,11-12H2,1-2H3,(H2,25,27,28,29). The molecule has 0 atom stereocenters. The SMILES string of the molecule is COc1ccc(Nc2cc(C)nc(NCCNS(=O)(=O)c3ccc(C(F)(F)F)cc3)n2)cc1. The van der Waals surface area contributed by atoms with E-state index < -0.39 is 21.8 Å². The number of anilines is 3. The van der Waals surface area contributed by atoms with E-state index in [2.05, 4.69) is 25.3 Å². The number of aryl methyl sites for hydroxylation is 1. The first-order chi connectivity index (χ1) is 15.6. The number of ether oxygens (including phenoxy) is 1. The normalized spacial score (nSPS) is 11.8. The van der Waals surface area contributed by atoms with Crippen molar-refractivity contribution in [2.24, 2.45) is 0 Å². The third-order valence-electron chi connectivity index (χ3n) is 4.41. The molecular formula is C21H22F3N5O3S. The summed E-state index contributed by atoms with van der Waals surface area (Å²) in [4.78, 5) is 8.35. The molecule has 0 bridgehead atoms. The summed E-state index contributed by atoms with van der Waals surface area (Å²) >= 11 is 0. The number of benzene rings is 2. The molecule has 0 unspecified atom stereocenters. The first-order valence-corrected chi connectivity index (χ1v) is 11.2. The Kier molecular flexibility index (Phi) is 7.39. The molecule has 0 fully saturated rings. The minimum Gasteiger partial charge on any atom is -0.497 e. The van der Waals surface area contributed by atoms with E-state index in [4.69, 9.17) is 4.74 Å². The number of alkyl halides is 3. The van der Waals surface area contributed by atoms with Crippen LogP contribution >= 0.6 is 0 Å². The van der Waals surface area contributed by atoms with Gasteiger partial charge in [0.2, 0.25) is 16.0 Å². The molecule has 33 heavy (non-hydrogen) atoms. The molecule has 0 saturated heterocycles. The second-order valence-electron chi connectivity index (χ2n) is 6.92.